The van der Waals surface area contributed by atoms with Crippen molar-refractivity contribution in [3.8, 4) is 0 Å². The SMILES string of the molecule is CC(C)N1CCC2(CCC(=O)C2)C1. The maximum atomic E-state index is 11.3. The van der Waals surface area contributed by atoms with E-state index in [2.05, 4.69) is 18.7 Å². The van der Waals surface area contributed by atoms with E-state index in [9.17, 15) is 4.79 Å². The number of likely N-dealkylation sites (tertiary alicyclic amines) is 1. The molecule has 2 aliphatic rings. The monoisotopic (exact) mass is 181 g/mol. The van der Waals surface area contributed by atoms with E-state index >= 15 is 0 Å². The van der Waals surface area contributed by atoms with Gasteiger partial charge in [-0.25, -0.2) is 0 Å². The maximum absolute atomic E-state index is 11.3. The fourth-order valence-corrected chi connectivity index (χ4v) is 2.76. The lowest BCUT2D eigenvalue weighted by molar-refractivity contribution is -0.118. The number of carbonyl (C=O) groups excluding carboxylic acids is 1. The van der Waals surface area contributed by atoms with Gasteiger partial charge in [0.05, 0.1) is 0 Å². The molecule has 13 heavy (non-hydrogen) atoms. The number of carbonyl (C=O) groups is 1. The molecule has 2 nitrogen and oxygen atoms in total. The maximum Gasteiger partial charge on any atom is 0.133 e. The molecule has 0 aromatic heterocycles. The summed E-state index contributed by atoms with van der Waals surface area (Å²) in [6.45, 7) is 6.85. The average Bonchev–Trinajstić information content (AvgIpc) is 2.61. The van der Waals surface area contributed by atoms with Crippen molar-refractivity contribution in [2.75, 3.05) is 13.1 Å². The number of rotatable bonds is 1. The van der Waals surface area contributed by atoms with Gasteiger partial charge in [0.1, 0.15) is 5.78 Å². The van der Waals surface area contributed by atoms with Crippen LogP contribution < -0.4 is 0 Å². The fourth-order valence-electron chi connectivity index (χ4n) is 2.76. The first kappa shape index (κ1) is 9.20. The second-order valence-electron chi connectivity index (χ2n) is 5.03. The molecule has 1 saturated heterocycles. The summed E-state index contributed by atoms with van der Waals surface area (Å²) < 4.78 is 0. The normalized spacial score (nSPS) is 35.5. The van der Waals surface area contributed by atoms with Crippen molar-refractivity contribution in [2.45, 2.75) is 45.6 Å². The van der Waals surface area contributed by atoms with Crippen LogP contribution in [-0.2, 0) is 4.79 Å². The predicted molar refractivity (Wildman–Crippen MR) is 52.6 cm³/mol. The summed E-state index contributed by atoms with van der Waals surface area (Å²) in [5, 5.41) is 0. The van der Waals surface area contributed by atoms with Crippen LogP contribution in [0.15, 0.2) is 0 Å². The van der Waals surface area contributed by atoms with Crippen LogP contribution >= 0.6 is 0 Å². The fraction of sp³-hybridized carbons (Fsp3) is 0.909. The van der Waals surface area contributed by atoms with Crippen molar-refractivity contribution >= 4 is 5.78 Å². The van der Waals surface area contributed by atoms with Crippen LogP contribution in [0.4, 0.5) is 0 Å². The van der Waals surface area contributed by atoms with Gasteiger partial charge in [0.15, 0.2) is 0 Å². The third kappa shape index (κ3) is 1.64. The Labute approximate surface area is 80.3 Å². The molecule has 1 aliphatic heterocycles. The molecule has 0 bridgehead atoms. The van der Waals surface area contributed by atoms with Crippen LogP contribution in [0.3, 0.4) is 0 Å². The predicted octanol–water partition coefficient (Wildman–Crippen LogP) is 1.84. The van der Waals surface area contributed by atoms with Gasteiger partial charge in [0, 0.05) is 25.4 Å². The second kappa shape index (κ2) is 3.09. The minimum Gasteiger partial charge on any atom is -0.300 e. The second-order valence-corrected chi connectivity index (χ2v) is 5.03. The molecular weight excluding hydrogens is 162 g/mol. The standard InChI is InChI=1S/C11H19NO/c1-9(2)12-6-5-11(8-12)4-3-10(13)7-11/h9H,3-8H2,1-2H3. The summed E-state index contributed by atoms with van der Waals surface area (Å²) in [4.78, 5) is 13.8. The van der Waals surface area contributed by atoms with Crippen LogP contribution in [-0.4, -0.2) is 29.8 Å². The van der Waals surface area contributed by atoms with E-state index in [1.165, 1.54) is 13.0 Å². The van der Waals surface area contributed by atoms with Crippen molar-refractivity contribution in [3.05, 3.63) is 0 Å². The highest BCUT2D eigenvalue weighted by molar-refractivity contribution is 5.81. The summed E-state index contributed by atoms with van der Waals surface area (Å²) in [5.41, 5.74) is 0.390. The zero-order valence-corrected chi connectivity index (χ0v) is 8.68. The van der Waals surface area contributed by atoms with Gasteiger partial charge in [-0.1, -0.05) is 0 Å². The lowest BCUT2D eigenvalue weighted by atomic mass is 9.85. The van der Waals surface area contributed by atoms with Gasteiger partial charge in [-0.3, -0.25) is 4.79 Å². The molecule has 1 heterocycles. The quantitative estimate of drug-likeness (QED) is 0.615. The van der Waals surface area contributed by atoms with Gasteiger partial charge in [-0.15, -0.1) is 0 Å². The number of nitrogens with zero attached hydrogens (tertiary/aromatic N) is 1. The van der Waals surface area contributed by atoms with Crippen LogP contribution in [0.1, 0.15) is 39.5 Å². The van der Waals surface area contributed by atoms with Crippen LogP contribution in [0.2, 0.25) is 0 Å². The lowest BCUT2D eigenvalue weighted by Gasteiger charge is -2.25. The summed E-state index contributed by atoms with van der Waals surface area (Å²) >= 11 is 0. The molecule has 1 aliphatic carbocycles. The van der Waals surface area contributed by atoms with Gasteiger partial charge in [-0.2, -0.15) is 0 Å². The molecule has 1 atom stereocenters. The average molecular weight is 181 g/mol. The summed E-state index contributed by atoms with van der Waals surface area (Å²) in [5.74, 6) is 0.491. The molecule has 2 rings (SSSR count). The number of ketones is 1. The van der Waals surface area contributed by atoms with E-state index in [1.54, 1.807) is 0 Å². The number of hydrogen-bond donors (Lipinski definition) is 0. The first-order valence-electron chi connectivity index (χ1n) is 5.37. The zero-order chi connectivity index (χ0) is 9.47. The zero-order valence-electron chi connectivity index (χ0n) is 8.68. The van der Waals surface area contributed by atoms with E-state index in [-0.39, 0.29) is 0 Å². The van der Waals surface area contributed by atoms with Gasteiger partial charge in [-0.05, 0) is 38.6 Å². The Morgan fingerprint density at radius 3 is 2.62 bits per heavy atom. The molecule has 1 spiro atoms. The van der Waals surface area contributed by atoms with Gasteiger partial charge < -0.3 is 4.90 Å². The molecule has 1 saturated carbocycles. The molecule has 0 aromatic carbocycles. The van der Waals surface area contributed by atoms with Crippen LogP contribution in [0, 0.1) is 5.41 Å². The summed E-state index contributed by atoms with van der Waals surface area (Å²) in [7, 11) is 0. The highest BCUT2D eigenvalue weighted by Gasteiger charge is 2.43. The van der Waals surface area contributed by atoms with Crippen LogP contribution in [0.5, 0.6) is 0 Å². The third-order valence-electron chi connectivity index (χ3n) is 3.70. The molecule has 74 valence electrons. The van der Waals surface area contributed by atoms with Crippen molar-refractivity contribution in [2.24, 2.45) is 5.41 Å². The minimum atomic E-state index is 0.390. The largest absolute Gasteiger partial charge is 0.300 e. The van der Waals surface area contributed by atoms with E-state index in [1.807, 2.05) is 0 Å². The van der Waals surface area contributed by atoms with Crippen molar-refractivity contribution < 1.29 is 4.79 Å². The number of hydrogen-bond acceptors (Lipinski definition) is 2. The van der Waals surface area contributed by atoms with E-state index in [0.29, 0.717) is 17.2 Å². The molecule has 2 fully saturated rings. The first-order valence-corrected chi connectivity index (χ1v) is 5.37. The summed E-state index contributed by atoms with van der Waals surface area (Å²) in [6, 6.07) is 0.648. The Morgan fingerprint density at radius 1 is 1.38 bits per heavy atom. The molecule has 1 unspecified atom stereocenters. The molecule has 0 radical (unpaired) electrons. The van der Waals surface area contributed by atoms with Crippen LogP contribution in [0.25, 0.3) is 0 Å². The Morgan fingerprint density at radius 2 is 2.15 bits per heavy atom. The lowest BCUT2D eigenvalue weighted by Crippen LogP contribution is -2.31. The highest BCUT2D eigenvalue weighted by atomic mass is 16.1. The Hall–Kier alpha value is -0.370. The first-order chi connectivity index (χ1) is 6.11. The van der Waals surface area contributed by atoms with Crippen molar-refractivity contribution in [3.63, 3.8) is 0 Å². The molecule has 0 N–H and O–H groups in total. The van der Waals surface area contributed by atoms with E-state index in [4.69, 9.17) is 0 Å². The van der Waals surface area contributed by atoms with E-state index < -0.39 is 0 Å². The highest BCUT2D eigenvalue weighted by Crippen LogP contribution is 2.44. The van der Waals surface area contributed by atoms with Gasteiger partial charge in [0.25, 0.3) is 0 Å². The summed E-state index contributed by atoms with van der Waals surface area (Å²) in [6.07, 6.45) is 4.09. The molecule has 2 heteroatoms. The van der Waals surface area contributed by atoms with Crippen molar-refractivity contribution in [1.29, 1.82) is 0 Å². The topological polar surface area (TPSA) is 20.3 Å². The number of Topliss-reactive ketones (excluding diaryl/α,β-unsaturated/α-hetero) is 1. The molecule has 0 amide bonds. The Kier molecular flexibility index (Phi) is 2.18. The van der Waals surface area contributed by atoms with Gasteiger partial charge >= 0.3 is 0 Å². The van der Waals surface area contributed by atoms with Gasteiger partial charge in [0.2, 0.25) is 0 Å². The van der Waals surface area contributed by atoms with Crippen molar-refractivity contribution in [1.82, 2.24) is 4.90 Å². The Balaban J connectivity index is 2.01. The molecule has 0 aromatic rings. The molecular formula is C11H19NO. The third-order valence-corrected chi connectivity index (χ3v) is 3.70. The van der Waals surface area contributed by atoms with E-state index in [0.717, 1.165) is 25.8 Å². The Bertz CT molecular complexity index is 224. The minimum absolute atomic E-state index is 0.390. The smallest absolute Gasteiger partial charge is 0.133 e.